The molecule has 4 aromatic rings. The molecule has 36 heavy (non-hydrogen) atoms. The van der Waals surface area contributed by atoms with Crippen LogP contribution in [0.1, 0.15) is 31.9 Å². The zero-order valence-electron chi connectivity index (χ0n) is 20.7. The van der Waals surface area contributed by atoms with E-state index >= 15 is 0 Å². The fourth-order valence-electron chi connectivity index (χ4n) is 5.35. The van der Waals surface area contributed by atoms with E-state index in [4.69, 9.17) is 0 Å². The first-order chi connectivity index (χ1) is 17.5. The molecule has 0 bridgehead atoms. The topological polar surface area (TPSA) is 37.4 Å². The second kappa shape index (κ2) is 10.7. The van der Waals surface area contributed by atoms with Gasteiger partial charge in [-0.15, -0.1) is 0 Å². The third kappa shape index (κ3) is 4.78. The minimum atomic E-state index is -3.56. The van der Waals surface area contributed by atoms with Gasteiger partial charge in [-0.1, -0.05) is 123 Å². The minimum Gasteiger partial charge on any atom is -0.263 e. The first-order valence-electron chi connectivity index (χ1n) is 12.5. The van der Waals surface area contributed by atoms with Gasteiger partial charge >= 0.3 is 0 Å². The molecule has 4 aromatic carbocycles. The van der Waals surface area contributed by atoms with Gasteiger partial charge in [0, 0.05) is 14.1 Å². The summed E-state index contributed by atoms with van der Waals surface area (Å²) in [5.74, 6) is 0.296. The maximum absolute atomic E-state index is 14.2. The Labute approximate surface area is 216 Å². The number of sulfone groups is 1. The fourth-order valence-corrected chi connectivity index (χ4v) is 10.4. The third-order valence-corrected chi connectivity index (χ3v) is 11.8. The Kier molecular flexibility index (Phi) is 7.39. The number of hydrogen-bond donors (Lipinski definition) is 0. The normalized spacial score (nSPS) is 20.7. The summed E-state index contributed by atoms with van der Waals surface area (Å²) in [4.78, 5) is 0.407. The van der Waals surface area contributed by atoms with Gasteiger partial charge in [0.05, 0.1) is 16.2 Å². The molecule has 3 nitrogen and oxygen atoms in total. The van der Waals surface area contributed by atoms with Crippen molar-refractivity contribution in [3.05, 3.63) is 127 Å². The molecule has 0 N–H and O–H groups in total. The average molecular weight is 514 g/mol. The van der Waals surface area contributed by atoms with E-state index in [1.54, 1.807) is 12.1 Å². The van der Waals surface area contributed by atoms with E-state index < -0.39 is 23.2 Å². The van der Waals surface area contributed by atoms with Crippen LogP contribution in [0.15, 0.2) is 126 Å². The van der Waals surface area contributed by atoms with Crippen LogP contribution in [0, 0.1) is 5.92 Å². The molecule has 1 saturated heterocycles. The fraction of sp³-hybridized carbons (Fsp3) is 0.226. The van der Waals surface area contributed by atoms with E-state index in [0.717, 1.165) is 5.56 Å². The van der Waals surface area contributed by atoms with Gasteiger partial charge in [-0.3, -0.25) is 4.67 Å². The summed E-state index contributed by atoms with van der Waals surface area (Å²) in [6, 6.07) is 40.3. The van der Waals surface area contributed by atoms with Crippen LogP contribution in [-0.4, -0.2) is 24.4 Å². The van der Waals surface area contributed by atoms with Crippen LogP contribution in [-0.2, 0) is 9.84 Å². The highest BCUT2D eigenvalue weighted by Gasteiger charge is 2.52. The van der Waals surface area contributed by atoms with Crippen LogP contribution in [0.25, 0.3) is 0 Å². The van der Waals surface area contributed by atoms with Gasteiger partial charge in [-0.05, 0) is 40.6 Å². The Hall–Kier alpha value is -2.78. The summed E-state index contributed by atoms with van der Waals surface area (Å²) in [5.41, 5.74) is 1.06. The van der Waals surface area contributed by atoms with Gasteiger partial charge in [0.25, 0.3) is 0 Å². The summed E-state index contributed by atoms with van der Waals surface area (Å²) < 4.78 is 31.0. The highest BCUT2D eigenvalue weighted by atomic mass is 32.2. The molecule has 184 valence electrons. The van der Waals surface area contributed by atoms with Gasteiger partial charge < -0.3 is 0 Å². The van der Waals surface area contributed by atoms with Gasteiger partial charge in [-0.25, -0.2) is 8.42 Å². The average Bonchev–Trinajstić information content (AvgIpc) is 3.32. The Bertz CT molecular complexity index is 1320. The van der Waals surface area contributed by atoms with Crippen LogP contribution < -0.4 is 10.6 Å². The molecule has 0 spiro atoms. The maximum Gasteiger partial charge on any atom is 0.183 e. The lowest BCUT2D eigenvalue weighted by Gasteiger charge is -2.40. The first kappa shape index (κ1) is 24.9. The highest BCUT2D eigenvalue weighted by Crippen LogP contribution is 2.56. The van der Waals surface area contributed by atoms with E-state index in [2.05, 4.69) is 79.2 Å². The molecule has 5 rings (SSSR count). The largest absolute Gasteiger partial charge is 0.263 e. The maximum atomic E-state index is 14.2. The van der Waals surface area contributed by atoms with Crippen molar-refractivity contribution in [2.24, 2.45) is 5.92 Å². The smallest absolute Gasteiger partial charge is 0.183 e. The molecule has 0 unspecified atom stereocenters. The van der Waals surface area contributed by atoms with E-state index in [0.29, 0.717) is 17.2 Å². The van der Waals surface area contributed by atoms with Crippen molar-refractivity contribution in [1.29, 1.82) is 0 Å². The Morgan fingerprint density at radius 1 is 0.694 bits per heavy atom. The number of hydrogen-bond acceptors (Lipinski definition) is 3. The van der Waals surface area contributed by atoms with Crippen molar-refractivity contribution < 1.29 is 8.42 Å². The summed E-state index contributed by atoms with van der Waals surface area (Å²) in [6.07, 6.45) is 0.604. The Morgan fingerprint density at radius 2 is 1.14 bits per heavy atom. The van der Waals surface area contributed by atoms with Crippen LogP contribution in [0.2, 0.25) is 0 Å². The zero-order valence-corrected chi connectivity index (χ0v) is 22.4. The second-order valence-corrected chi connectivity index (χ2v) is 13.9. The zero-order chi connectivity index (χ0) is 25.1. The molecule has 1 fully saturated rings. The lowest BCUT2D eigenvalue weighted by molar-refractivity contribution is 0.291. The number of nitrogens with zero attached hydrogens (tertiary/aromatic N) is 1. The van der Waals surface area contributed by atoms with E-state index in [1.807, 2.05) is 48.5 Å². The van der Waals surface area contributed by atoms with Gasteiger partial charge in [0.1, 0.15) is 0 Å². The summed E-state index contributed by atoms with van der Waals surface area (Å²) in [7, 11) is -4.53. The van der Waals surface area contributed by atoms with Crippen molar-refractivity contribution in [2.75, 3.05) is 0 Å². The van der Waals surface area contributed by atoms with Crippen molar-refractivity contribution in [3.8, 4) is 0 Å². The van der Waals surface area contributed by atoms with Crippen molar-refractivity contribution in [3.63, 3.8) is 0 Å². The number of rotatable bonds is 7. The molecule has 1 aliphatic rings. The Balaban J connectivity index is 1.73. The van der Waals surface area contributed by atoms with Gasteiger partial charge in [0.15, 0.2) is 9.84 Å². The Morgan fingerprint density at radius 3 is 1.61 bits per heavy atom. The lowest BCUT2D eigenvalue weighted by Crippen LogP contribution is -2.38. The molecule has 0 amide bonds. The standard InChI is InChI=1S/C31H32NO2PS/c1-24(2)29-23-30(36(33,34)28-21-13-6-14-22-28)31(25-15-7-3-8-16-25)32(29)35(26-17-9-4-10-18-26)27-19-11-5-12-20-27/h3-22,24,29-31H,23H2,1-2H3/t29-,30+,31-/m1/s1. The van der Waals surface area contributed by atoms with Crippen molar-refractivity contribution in [2.45, 2.75) is 42.5 Å². The monoisotopic (exact) mass is 513 g/mol. The minimum absolute atomic E-state index is 0.116. The van der Waals surface area contributed by atoms with Crippen molar-refractivity contribution in [1.82, 2.24) is 4.67 Å². The van der Waals surface area contributed by atoms with Gasteiger partial charge in [-0.2, -0.15) is 0 Å². The molecular formula is C31H32NO2PS. The first-order valence-corrected chi connectivity index (χ1v) is 15.3. The lowest BCUT2D eigenvalue weighted by atomic mass is 10.0. The predicted molar refractivity (Wildman–Crippen MR) is 151 cm³/mol. The molecule has 0 aliphatic carbocycles. The summed E-state index contributed by atoms with van der Waals surface area (Å²) >= 11 is 0. The molecule has 0 radical (unpaired) electrons. The highest BCUT2D eigenvalue weighted by molar-refractivity contribution is 7.92. The van der Waals surface area contributed by atoms with E-state index in [-0.39, 0.29) is 12.1 Å². The molecule has 1 heterocycles. The van der Waals surface area contributed by atoms with Crippen molar-refractivity contribution >= 4 is 28.5 Å². The molecule has 0 saturated carbocycles. The molecular weight excluding hydrogens is 481 g/mol. The second-order valence-electron chi connectivity index (χ2n) is 9.66. The molecule has 3 atom stereocenters. The van der Waals surface area contributed by atoms with E-state index in [1.165, 1.54) is 10.6 Å². The van der Waals surface area contributed by atoms with Crippen LogP contribution >= 0.6 is 8.07 Å². The van der Waals surface area contributed by atoms with Crippen LogP contribution in [0.4, 0.5) is 0 Å². The van der Waals surface area contributed by atoms with Crippen LogP contribution in [0.5, 0.6) is 0 Å². The number of benzene rings is 4. The molecule has 0 aromatic heterocycles. The summed E-state index contributed by atoms with van der Waals surface area (Å²) in [5, 5.41) is 1.94. The third-order valence-electron chi connectivity index (χ3n) is 7.06. The SMILES string of the molecule is CC(C)[C@H]1C[C@H](S(=O)(=O)c2ccccc2)[C@@H](c2ccccc2)N1P(c1ccccc1)c1ccccc1. The van der Waals surface area contributed by atoms with E-state index in [9.17, 15) is 8.42 Å². The van der Waals surface area contributed by atoms with Gasteiger partial charge in [0.2, 0.25) is 0 Å². The predicted octanol–water partition coefficient (Wildman–Crippen LogP) is 6.35. The van der Waals surface area contributed by atoms with Crippen LogP contribution in [0.3, 0.4) is 0 Å². The molecule has 1 aliphatic heterocycles. The summed E-state index contributed by atoms with van der Waals surface area (Å²) in [6.45, 7) is 4.45. The molecule has 5 heteroatoms. The quantitative estimate of drug-likeness (QED) is 0.270.